The van der Waals surface area contributed by atoms with Crippen molar-refractivity contribution in [3.8, 4) is 0 Å². The predicted molar refractivity (Wildman–Crippen MR) is 50.8 cm³/mol. The highest BCUT2D eigenvalue weighted by atomic mass is 16.7. The Morgan fingerprint density at radius 1 is 1.36 bits per heavy atom. The van der Waals surface area contributed by atoms with Gasteiger partial charge in [0, 0.05) is 0 Å². The fourth-order valence-electron chi connectivity index (χ4n) is 1.48. The molecule has 0 amide bonds. The molecule has 0 bridgehead atoms. The van der Waals surface area contributed by atoms with Gasteiger partial charge in [0.25, 0.3) is 0 Å². The van der Waals surface area contributed by atoms with Crippen molar-refractivity contribution in [2.75, 3.05) is 19.8 Å². The third-order valence-electron chi connectivity index (χ3n) is 2.28. The first kappa shape index (κ1) is 11.5. The molecule has 1 rings (SSSR count). The Balaban J connectivity index is 2.47. The van der Waals surface area contributed by atoms with E-state index in [0.29, 0.717) is 26.2 Å². The average Bonchev–Trinajstić information content (AvgIpc) is 2.19. The molecule has 4 heteroatoms. The Morgan fingerprint density at radius 2 is 2.00 bits per heavy atom. The van der Waals surface area contributed by atoms with Crippen molar-refractivity contribution in [3.05, 3.63) is 0 Å². The molecule has 0 spiro atoms. The summed E-state index contributed by atoms with van der Waals surface area (Å²) < 4.78 is 15.9. The summed E-state index contributed by atoms with van der Waals surface area (Å²) >= 11 is 0. The van der Waals surface area contributed by atoms with Gasteiger partial charge in [-0.15, -0.1) is 0 Å². The second-order valence-electron chi connectivity index (χ2n) is 3.30. The Hall–Kier alpha value is -0.610. The van der Waals surface area contributed by atoms with Crippen LogP contribution in [0.2, 0.25) is 0 Å². The van der Waals surface area contributed by atoms with Crippen LogP contribution in [0.4, 0.5) is 0 Å². The minimum Gasteiger partial charge on any atom is -0.466 e. The fraction of sp³-hybridized carbons (Fsp3) is 0.900. The van der Waals surface area contributed by atoms with Gasteiger partial charge in [0.1, 0.15) is 0 Å². The summed E-state index contributed by atoms with van der Waals surface area (Å²) in [5.41, 5.74) is 0. The van der Waals surface area contributed by atoms with E-state index in [-0.39, 0.29) is 12.4 Å². The van der Waals surface area contributed by atoms with Gasteiger partial charge in [-0.25, -0.2) is 0 Å². The quantitative estimate of drug-likeness (QED) is 0.648. The van der Waals surface area contributed by atoms with Gasteiger partial charge in [0.2, 0.25) is 0 Å². The van der Waals surface area contributed by atoms with Gasteiger partial charge in [-0.05, 0) is 19.8 Å². The lowest BCUT2D eigenvalue weighted by molar-refractivity contribution is -0.271. The lowest BCUT2D eigenvalue weighted by Crippen LogP contribution is -2.42. The molecule has 0 aromatic heterocycles. The molecule has 0 saturated carbocycles. The minimum absolute atomic E-state index is 0.192. The molecular formula is C10H18O4. The molecule has 14 heavy (non-hydrogen) atoms. The van der Waals surface area contributed by atoms with E-state index in [4.69, 9.17) is 14.2 Å². The topological polar surface area (TPSA) is 44.8 Å². The second kappa shape index (κ2) is 5.32. The molecule has 1 aliphatic rings. The highest BCUT2D eigenvalue weighted by molar-refractivity contribution is 5.70. The van der Waals surface area contributed by atoms with Gasteiger partial charge in [0.15, 0.2) is 5.79 Å². The van der Waals surface area contributed by atoms with Gasteiger partial charge in [-0.2, -0.15) is 0 Å². The first-order chi connectivity index (χ1) is 6.72. The first-order valence-corrected chi connectivity index (χ1v) is 5.16. The van der Waals surface area contributed by atoms with E-state index in [9.17, 15) is 4.79 Å². The molecule has 1 heterocycles. The monoisotopic (exact) mass is 202 g/mol. The van der Waals surface area contributed by atoms with Crippen LogP contribution in [0, 0.1) is 0 Å². The normalized spacial score (nSPS) is 20.4. The molecule has 0 aromatic rings. The lowest BCUT2D eigenvalue weighted by atomic mass is 10.1. The van der Waals surface area contributed by atoms with Crippen LogP contribution in [0.5, 0.6) is 0 Å². The molecule has 0 unspecified atom stereocenters. The summed E-state index contributed by atoms with van der Waals surface area (Å²) in [5, 5.41) is 0. The molecule has 1 fully saturated rings. The molecule has 0 N–H and O–H groups in total. The summed E-state index contributed by atoms with van der Waals surface area (Å²) in [5.74, 6) is -0.985. The number of rotatable bonds is 4. The zero-order valence-corrected chi connectivity index (χ0v) is 8.88. The van der Waals surface area contributed by atoms with E-state index in [2.05, 4.69) is 0 Å². The molecule has 1 saturated heterocycles. The van der Waals surface area contributed by atoms with E-state index in [1.165, 1.54) is 0 Å². The van der Waals surface area contributed by atoms with Crippen LogP contribution in [0.25, 0.3) is 0 Å². The van der Waals surface area contributed by atoms with Crippen molar-refractivity contribution in [1.29, 1.82) is 0 Å². The van der Waals surface area contributed by atoms with E-state index in [0.717, 1.165) is 6.42 Å². The number of hydrogen-bond acceptors (Lipinski definition) is 4. The smallest absolute Gasteiger partial charge is 0.311 e. The van der Waals surface area contributed by atoms with Gasteiger partial charge < -0.3 is 14.2 Å². The average molecular weight is 202 g/mol. The Morgan fingerprint density at radius 3 is 2.50 bits per heavy atom. The maximum atomic E-state index is 11.3. The van der Waals surface area contributed by atoms with Crippen molar-refractivity contribution in [2.24, 2.45) is 0 Å². The minimum atomic E-state index is -0.732. The number of carbonyl (C=O) groups excluding carboxylic acids is 1. The van der Waals surface area contributed by atoms with Crippen LogP contribution in [0.1, 0.15) is 33.1 Å². The second-order valence-corrected chi connectivity index (χ2v) is 3.30. The van der Waals surface area contributed by atoms with Crippen LogP contribution in [0.15, 0.2) is 0 Å². The molecule has 4 nitrogen and oxygen atoms in total. The SMILES string of the molecule is CCOC(=O)CC1(CC)OCCCO1. The summed E-state index contributed by atoms with van der Waals surface area (Å²) in [7, 11) is 0. The standard InChI is InChI=1S/C10H18O4/c1-3-10(8-9(11)12-4-2)13-6-5-7-14-10/h3-8H2,1-2H3. The molecule has 0 atom stereocenters. The molecular weight excluding hydrogens is 184 g/mol. The van der Waals surface area contributed by atoms with E-state index in [1.54, 1.807) is 6.92 Å². The third-order valence-corrected chi connectivity index (χ3v) is 2.28. The molecule has 82 valence electrons. The zero-order chi connectivity index (χ0) is 10.4. The van der Waals surface area contributed by atoms with E-state index < -0.39 is 5.79 Å². The third kappa shape index (κ3) is 2.96. The summed E-state index contributed by atoms with van der Waals surface area (Å²) in [6.07, 6.45) is 1.76. The maximum Gasteiger partial charge on any atom is 0.311 e. The van der Waals surface area contributed by atoms with Crippen molar-refractivity contribution >= 4 is 5.97 Å². The van der Waals surface area contributed by atoms with Gasteiger partial charge in [0.05, 0.1) is 26.2 Å². The fourth-order valence-corrected chi connectivity index (χ4v) is 1.48. The number of hydrogen-bond donors (Lipinski definition) is 0. The van der Waals surface area contributed by atoms with Crippen molar-refractivity contribution in [3.63, 3.8) is 0 Å². The predicted octanol–water partition coefficient (Wildman–Crippen LogP) is 1.48. The molecule has 0 radical (unpaired) electrons. The number of ether oxygens (including phenoxy) is 3. The van der Waals surface area contributed by atoms with Gasteiger partial charge in [-0.3, -0.25) is 4.79 Å². The van der Waals surface area contributed by atoms with Crippen LogP contribution >= 0.6 is 0 Å². The van der Waals surface area contributed by atoms with Crippen LogP contribution in [-0.2, 0) is 19.0 Å². The Kier molecular flexibility index (Phi) is 4.35. The van der Waals surface area contributed by atoms with Crippen molar-refractivity contribution in [1.82, 2.24) is 0 Å². The summed E-state index contributed by atoms with van der Waals surface area (Å²) in [4.78, 5) is 11.3. The summed E-state index contributed by atoms with van der Waals surface area (Å²) in [6, 6.07) is 0. The van der Waals surface area contributed by atoms with Gasteiger partial charge in [-0.1, -0.05) is 6.92 Å². The highest BCUT2D eigenvalue weighted by Crippen LogP contribution is 2.26. The highest BCUT2D eigenvalue weighted by Gasteiger charge is 2.35. The Labute approximate surface area is 84.5 Å². The first-order valence-electron chi connectivity index (χ1n) is 5.16. The van der Waals surface area contributed by atoms with Crippen molar-refractivity contribution in [2.45, 2.75) is 38.9 Å². The van der Waals surface area contributed by atoms with E-state index >= 15 is 0 Å². The summed E-state index contributed by atoms with van der Waals surface area (Å²) in [6.45, 7) is 5.46. The maximum absolute atomic E-state index is 11.3. The Bertz CT molecular complexity index is 185. The molecule has 0 aromatic carbocycles. The van der Waals surface area contributed by atoms with Crippen LogP contribution < -0.4 is 0 Å². The number of esters is 1. The van der Waals surface area contributed by atoms with Crippen LogP contribution in [0.3, 0.4) is 0 Å². The molecule has 1 aliphatic heterocycles. The lowest BCUT2D eigenvalue weighted by Gasteiger charge is -2.35. The zero-order valence-electron chi connectivity index (χ0n) is 8.88. The largest absolute Gasteiger partial charge is 0.466 e. The van der Waals surface area contributed by atoms with Gasteiger partial charge >= 0.3 is 5.97 Å². The van der Waals surface area contributed by atoms with E-state index in [1.807, 2.05) is 6.92 Å². The van der Waals surface area contributed by atoms with Crippen molar-refractivity contribution < 1.29 is 19.0 Å². The molecule has 0 aliphatic carbocycles. The number of carbonyl (C=O) groups is 1. The van der Waals surface area contributed by atoms with Crippen LogP contribution in [-0.4, -0.2) is 31.6 Å².